The number of anilines is 1. The van der Waals surface area contributed by atoms with Gasteiger partial charge in [0.2, 0.25) is 11.9 Å². The van der Waals surface area contributed by atoms with Crippen LogP contribution < -0.4 is 10.2 Å². The van der Waals surface area contributed by atoms with Gasteiger partial charge < -0.3 is 10.2 Å². The molecule has 1 atom stereocenters. The highest BCUT2D eigenvalue weighted by atomic mass is 32.2. The van der Waals surface area contributed by atoms with Crippen LogP contribution in [0.4, 0.5) is 5.95 Å². The Balaban J connectivity index is 1.87. The van der Waals surface area contributed by atoms with E-state index in [2.05, 4.69) is 44.0 Å². The van der Waals surface area contributed by atoms with Crippen LogP contribution >= 0.6 is 11.8 Å². The summed E-state index contributed by atoms with van der Waals surface area (Å²) in [5, 5.41) is 12.4. The molecule has 6 nitrogen and oxygen atoms in total. The fourth-order valence-corrected chi connectivity index (χ4v) is 3.93. The van der Waals surface area contributed by atoms with E-state index in [-0.39, 0.29) is 11.2 Å². The summed E-state index contributed by atoms with van der Waals surface area (Å²) in [6, 6.07) is 10.1. The molecule has 2 aromatic rings. The molecule has 26 heavy (non-hydrogen) atoms. The highest BCUT2D eigenvalue weighted by Gasteiger charge is 2.24. The van der Waals surface area contributed by atoms with Crippen LogP contribution in [0.5, 0.6) is 0 Å². The number of piperidine rings is 1. The minimum absolute atomic E-state index is 0.0407. The van der Waals surface area contributed by atoms with E-state index in [1.807, 2.05) is 25.1 Å². The number of aromatic nitrogens is 3. The van der Waals surface area contributed by atoms with Crippen LogP contribution in [0, 0.1) is 0 Å². The molecule has 1 aromatic carbocycles. The van der Waals surface area contributed by atoms with Gasteiger partial charge in [-0.25, -0.2) is 0 Å². The summed E-state index contributed by atoms with van der Waals surface area (Å²) >= 11 is 1.46. The van der Waals surface area contributed by atoms with E-state index in [9.17, 15) is 4.79 Å². The van der Waals surface area contributed by atoms with E-state index in [0.29, 0.717) is 6.54 Å². The van der Waals surface area contributed by atoms with Gasteiger partial charge in [0.15, 0.2) is 5.16 Å². The summed E-state index contributed by atoms with van der Waals surface area (Å²) in [6.07, 6.45) is 4.56. The maximum absolute atomic E-state index is 12.3. The van der Waals surface area contributed by atoms with E-state index < -0.39 is 0 Å². The maximum atomic E-state index is 12.3. The molecule has 1 fully saturated rings. The zero-order valence-corrected chi connectivity index (χ0v) is 16.3. The van der Waals surface area contributed by atoms with Crippen molar-refractivity contribution in [2.75, 3.05) is 24.5 Å². The number of thioether (sulfide) groups is 1. The van der Waals surface area contributed by atoms with Crippen LogP contribution in [0.2, 0.25) is 0 Å². The molecule has 1 aromatic heterocycles. The first-order valence-electron chi connectivity index (χ1n) is 9.41. The van der Waals surface area contributed by atoms with Crippen molar-refractivity contribution < 1.29 is 4.79 Å². The number of nitrogens with zero attached hydrogens (tertiary/aromatic N) is 4. The zero-order valence-electron chi connectivity index (χ0n) is 15.5. The molecule has 0 spiro atoms. The lowest BCUT2D eigenvalue weighted by atomic mass is 10.1. The number of amides is 1. The fourth-order valence-electron chi connectivity index (χ4n) is 3.04. The van der Waals surface area contributed by atoms with Gasteiger partial charge in [0, 0.05) is 19.6 Å². The molecule has 1 amide bonds. The SMILES string of the molecule is CCCNC(=O)C(C)Sc1nnc(N2CCCCC2)n1-c1ccccc1. The monoisotopic (exact) mass is 373 g/mol. The molecular formula is C19H27N5OS. The van der Waals surface area contributed by atoms with Crippen LogP contribution in [0.15, 0.2) is 35.5 Å². The average molecular weight is 374 g/mol. The highest BCUT2D eigenvalue weighted by molar-refractivity contribution is 8.00. The van der Waals surface area contributed by atoms with Gasteiger partial charge in [-0.05, 0) is 44.7 Å². The normalized spacial score (nSPS) is 15.7. The number of nitrogens with one attached hydrogen (secondary N) is 1. The van der Waals surface area contributed by atoms with E-state index >= 15 is 0 Å². The second-order valence-electron chi connectivity index (χ2n) is 6.55. The number of hydrogen-bond acceptors (Lipinski definition) is 5. The molecule has 1 saturated heterocycles. The van der Waals surface area contributed by atoms with Crippen molar-refractivity contribution in [3.8, 4) is 5.69 Å². The minimum atomic E-state index is -0.220. The number of para-hydroxylation sites is 1. The van der Waals surface area contributed by atoms with Crippen molar-refractivity contribution in [2.24, 2.45) is 0 Å². The van der Waals surface area contributed by atoms with Crippen LogP contribution in [0.3, 0.4) is 0 Å². The Hall–Kier alpha value is -2.02. The number of benzene rings is 1. The van der Waals surface area contributed by atoms with Crippen molar-refractivity contribution >= 4 is 23.6 Å². The molecule has 1 aliphatic rings. The Morgan fingerprint density at radius 3 is 2.62 bits per heavy atom. The topological polar surface area (TPSA) is 63.1 Å². The molecule has 0 saturated carbocycles. The van der Waals surface area contributed by atoms with E-state index in [1.54, 1.807) is 0 Å². The first kappa shape index (κ1) is 18.8. The first-order chi connectivity index (χ1) is 12.7. The Morgan fingerprint density at radius 1 is 1.19 bits per heavy atom. The van der Waals surface area contributed by atoms with Crippen molar-refractivity contribution in [1.29, 1.82) is 0 Å². The summed E-state index contributed by atoms with van der Waals surface area (Å²) in [5.41, 5.74) is 1.03. The summed E-state index contributed by atoms with van der Waals surface area (Å²) in [5.74, 6) is 0.915. The third kappa shape index (κ3) is 4.38. The average Bonchev–Trinajstić information content (AvgIpc) is 3.10. The van der Waals surface area contributed by atoms with Gasteiger partial charge in [-0.2, -0.15) is 0 Å². The number of hydrogen-bond donors (Lipinski definition) is 1. The van der Waals surface area contributed by atoms with Crippen LogP contribution in [0.1, 0.15) is 39.5 Å². The summed E-state index contributed by atoms with van der Waals surface area (Å²) in [7, 11) is 0. The van der Waals surface area contributed by atoms with Gasteiger partial charge in [0.25, 0.3) is 0 Å². The lowest BCUT2D eigenvalue weighted by Gasteiger charge is -2.28. The number of rotatable bonds is 7. The fraction of sp³-hybridized carbons (Fsp3) is 0.526. The summed E-state index contributed by atoms with van der Waals surface area (Å²) in [6.45, 7) is 6.67. The smallest absolute Gasteiger partial charge is 0.233 e. The van der Waals surface area contributed by atoms with Gasteiger partial charge in [-0.1, -0.05) is 36.9 Å². The van der Waals surface area contributed by atoms with Gasteiger partial charge in [-0.15, -0.1) is 10.2 Å². The molecule has 1 N–H and O–H groups in total. The standard InChI is InChI=1S/C19H27N5OS/c1-3-12-20-17(25)15(2)26-19-22-21-18(23-13-8-5-9-14-23)24(19)16-10-6-4-7-11-16/h4,6-7,10-11,15H,3,5,8-9,12-14H2,1-2H3,(H,20,25). The predicted molar refractivity (Wildman–Crippen MR) is 106 cm³/mol. The largest absolute Gasteiger partial charge is 0.355 e. The highest BCUT2D eigenvalue weighted by Crippen LogP contribution is 2.30. The van der Waals surface area contributed by atoms with Crippen LogP contribution in [-0.4, -0.2) is 45.6 Å². The van der Waals surface area contributed by atoms with Crippen LogP contribution in [-0.2, 0) is 4.79 Å². The second kappa shape index (κ2) is 9.07. The second-order valence-corrected chi connectivity index (χ2v) is 7.86. The van der Waals surface area contributed by atoms with Crippen LogP contribution in [0.25, 0.3) is 5.69 Å². The van der Waals surface area contributed by atoms with Gasteiger partial charge in [-0.3, -0.25) is 9.36 Å². The van der Waals surface area contributed by atoms with Crippen molar-refractivity contribution in [1.82, 2.24) is 20.1 Å². The minimum Gasteiger partial charge on any atom is -0.355 e. The quantitative estimate of drug-likeness (QED) is 0.755. The molecule has 1 unspecified atom stereocenters. The molecule has 140 valence electrons. The Bertz CT molecular complexity index is 712. The number of carbonyl (C=O) groups is 1. The van der Waals surface area contributed by atoms with Crippen molar-refractivity contribution in [3.63, 3.8) is 0 Å². The van der Waals surface area contributed by atoms with Crippen molar-refractivity contribution in [3.05, 3.63) is 30.3 Å². The molecular weight excluding hydrogens is 346 g/mol. The molecule has 3 rings (SSSR count). The first-order valence-corrected chi connectivity index (χ1v) is 10.3. The predicted octanol–water partition coefficient (Wildman–Crippen LogP) is 3.26. The lowest BCUT2D eigenvalue weighted by molar-refractivity contribution is -0.120. The summed E-state index contributed by atoms with van der Waals surface area (Å²) < 4.78 is 2.08. The molecule has 2 heterocycles. The zero-order chi connectivity index (χ0) is 18.4. The third-order valence-electron chi connectivity index (χ3n) is 4.47. The summed E-state index contributed by atoms with van der Waals surface area (Å²) in [4.78, 5) is 14.6. The lowest BCUT2D eigenvalue weighted by Crippen LogP contribution is -2.32. The van der Waals surface area contributed by atoms with Gasteiger partial charge >= 0.3 is 0 Å². The molecule has 0 radical (unpaired) electrons. The Labute approximate surface area is 159 Å². The van der Waals surface area contributed by atoms with Crippen molar-refractivity contribution in [2.45, 2.75) is 49.9 Å². The Morgan fingerprint density at radius 2 is 1.92 bits per heavy atom. The molecule has 0 bridgehead atoms. The van der Waals surface area contributed by atoms with E-state index in [1.165, 1.54) is 31.0 Å². The molecule has 0 aliphatic carbocycles. The number of carbonyl (C=O) groups excluding carboxylic acids is 1. The third-order valence-corrected chi connectivity index (χ3v) is 5.51. The molecule has 7 heteroatoms. The Kier molecular flexibility index (Phi) is 6.55. The maximum Gasteiger partial charge on any atom is 0.233 e. The van der Waals surface area contributed by atoms with Gasteiger partial charge in [0.1, 0.15) is 0 Å². The van der Waals surface area contributed by atoms with E-state index in [4.69, 9.17) is 0 Å². The molecule has 1 aliphatic heterocycles. The van der Waals surface area contributed by atoms with Gasteiger partial charge in [0.05, 0.1) is 10.9 Å². The van der Waals surface area contributed by atoms with E-state index in [0.717, 1.165) is 36.3 Å².